The molecule has 5 heteroatoms. The van der Waals surface area contributed by atoms with Crippen molar-refractivity contribution in [1.29, 1.82) is 0 Å². The van der Waals surface area contributed by atoms with Gasteiger partial charge in [0.05, 0.1) is 10.6 Å². The third kappa shape index (κ3) is 1.86. The second-order valence-electron chi connectivity index (χ2n) is 6.64. The largest absolute Gasteiger partial charge is 0.487 e. The van der Waals surface area contributed by atoms with E-state index in [1.54, 1.807) is 0 Å². The monoisotopic (exact) mass is 312 g/mol. The Morgan fingerprint density at radius 2 is 1.95 bits per heavy atom. The van der Waals surface area contributed by atoms with Crippen molar-refractivity contribution in [3.8, 4) is 5.75 Å². The first-order chi connectivity index (χ1) is 9.17. The molecule has 1 spiro atoms. The van der Waals surface area contributed by atoms with E-state index < -0.39 is 20.2 Å². The summed E-state index contributed by atoms with van der Waals surface area (Å²) < 4.78 is 31.1. The lowest BCUT2D eigenvalue weighted by Crippen LogP contribution is -2.50. The summed E-state index contributed by atoms with van der Waals surface area (Å²) >= 11 is 1.51. The summed E-state index contributed by atoms with van der Waals surface area (Å²) in [6, 6.07) is 1.90. The van der Waals surface area contributed by atoms with Crippen molar-refractivity contribution in [2.24, 2.45) is 0 Å². The zero-order valence-corrected chi connectivity index (χ0v) is 14.0. The van der Waals surface area contributed by atoms with Gasteiger partial charge in [-0.2, -0.15) is 0 Å². The van der Waals surface area contributed by atoms with Crippen LogP contribution in [0.4, 0.5) is 0 Å². The van der Waals surface area contributed by atoms with Gasteiger partial charge in [-0.15, -0.1) is 11.3 Å². The minimum absolute atomic E-state index is 0.173. The number of hydrogen-bond acceptors (Lipinski definition) is 4. The molecule has 1 unspecified atom stereocenters. The zero-order valence-electron chi connectivity index (χ0n) is 12.3. The van der Waals surface area contributed by atoms with Gasteiger partial charge in [-0.05, 0) is 45.6 Å². The van der Waals surface area contributed by atoms with E-state index in [1.165, 1.54) is 16.9 Å². The van der Waals surface area contributed by atoms with E-state index in [2.05, 4.69) is 6.92 Å². The molecule has 20 heavy (non-hydrogen) atoms. The van der Waals surface area contributed by atoms with Crippen LogP contribution in [0.1, 0.15) is 45.4 Å². The standard InChI is InChI=1S/C15H20O3S2/c1-10-7-15(20(16,17)8-11(10)2)9-14(3,4)18-12-5-6-19-13(12)15/h5-6H,7-9H2,1-4H3. The van der Waals surface area contributed by atoms with Crippen molar-refractivity contribution in [3.05, 3.63) is 27.5 Å². The lowest BCUT2D eigenvalue weighted by Gasteiger charge is -2.46. The van der Waals surface area contributed by atoms with Crippen LogP contribution < -0.4 is 4.74 Å². The Labute approximate surface area is 124 Å². The SMILES string of the molecule is CC1=C(C)CS(=O)(=O)C2(C1)CC(C)(C)Oc1ccsc12. The maximum Gasteiger partial charge on any atom is 0.165 e. The third-order valence-corrected chi connectivity index (χ3v) is 8.15. The predicted molar refractivity (Wildman–Crippen MR) is 82.1 cm³/mol. The average molecular weight is 312 g/mol. The van der Waals surface area contributed by atoms with Gasteiger partial charge in [0.2, 0.25) is 0 Å². The first-order valence-electron chi connectivity index (χ1n) is 6.81. The zero-order chi connectivity index (χ0) is 14.8. The summed E-state index contributed by atoms with van der Waals surface area (Å²) in [6.07, 6.45) is 1.13. The molecule has 0 radical (unpaired) electrons. The molecule has 0 amide bonds. The number of sulfone groups is 1. The molecule has 0 saturated heterocycles. The number of rotatable bonds is 0. The van der Waals surface area contributed by atoms with Crippen molar-refractivity contribution in [2.75, 3.05) is 5.75 Å². The topological polar surface area (TPSA) is 43.4 Å². The van der Waals surface area contributed by atoms with E-state index >= 15 is 0 Å². The molecule has 1 atom stereocenters. The van der Waals surface area contributed by atoms with Crippen LogP contribution in [0.3, 0.4) is 0 Å². The second kappa shape index (κ2) is 4.10. The van der Waals surface area contributed by atoms with Gasteiger partial charge in [0.15, 0.2) is 9.84 Å². The van der Waals surface area contributed by atoms with Gasteiger partial charge in [0, 0.05) is 6.42 Å². The van der Waals surface area contributed by atoms with Crippen molar-refractivity contribution in [2.45, 2.75) is 50.9 Å². The van der Waals surface area contributed by atoms with Crippen LogP contribution in [0.5, 0.6) is 5.75 Å². The summed E-state index contributed by atoms with van der Waals surface area (Å²) in [4.78, 5) is 0.892. The van der Waals surface area contributed by atoms with Gasteiger partial charge in [-0.3, -0.25) is 0 Å². The van der Waals surface area contributed by atoms with Crippen LogP contribution in [0, 0.1) is 0 Å². The molecule has 0 fully saturated rings. The minimum Gasteiger partial charge on any atom is -0.487 e. The summed E-state index contributed by atoms with van der Waals surface area (Å²) in [6.45, 7) is 7.94. The second-order valence-corrected chi connectivity index (χ2v) is 9.86. The maximum absolute atomic E-state index is 13.0. The number of fused-ring (bicyclic) bond motifs is 2. The highest BCUT2D eigenvalue weighted by atomic mass is 32.2. The third-order valence-electron chi connectivity index (χ3n) is 4.42. The molecule has 3 rings (SSSR count). The highest BCUT2D eigenvalue weighted by Gasteiger charge is 2.56. The molecule has 3 heterocycles. The Kier molecular flexibility index (Phi) is 2.90. The Bertz CT molecular complexity index is 694. The van der Waals surface area contributed by atoms with Gasteiger partial charge >= 0.3 is 0 Å². The Balaban J connectivity index is 2.27. The fourth-order valence-electron chi connectivity index (χ4n) is 3.44. The molecule has 0 saturated carbocycles. The Morgan fingerprint density at radius 1 is 1.25 bits per heavy atom. The van der Waals surface area contributed by atoms with Crippen LogP contribution in [-0.4, -0.2) is 19.8 Å². The molecule has 0 bridgehead atoms. The number of hydrogen-bond donors (Lipinski definition) is 0. The highest BCUT2D eigenvalue weighted by molar-refractivity contribution is 7.92. The molecule has 0 aromatic carbocycles. The van der Waals surface area contributed by atoms with Gasteiger partial charge in [-0.1, -0.05) is 11.1 Å². The van der Waals surface area contributed by atoms with Gasteiger partial charge < -0.3 is 4.74 Å². The highest BCUT2D eigenvalue weighted by Crippen LogP contribution is 2.55. The molecule has 0 N–H and O–H groups in total. The van der Waals surface area contributed by atoms with Crippen molar-refractivity contribution >= 4 is 21.2 Å². The molecular formula is C15H20O3S2. The molecule has 1 aromatic heterocycles. The number of allylic oxidation sites excluding steroid dienone is 1. The van der Waals surface area contributed by atoms with Crippen LogP contribution in [0.2, 0.25) is 0 Å². The maximum atomic E-state index is 13.0. The smallest absolute Gasteiger partial charge is 0.165 e. The summed E-state index contributed by atoms with van der Waals surface area (Å²) in [5.41, 5.74) is 1.75. The van der Waals surface area contributed by atoms with Gasteiger partial charge in [0.25, 0.3) is 0 Å². The summed E-state index contributed by atoms with van der Waals surface area (Å²) in [5, 5.41) is 1.93. The van der Waals surface area contributed by atoms with E-state index in [0.29, 0.717) is 12.8 Å². The van der Waals surface area contributed by atoms with E-state index in [9.17, 15) is 8.42 Å². The minimum atomic E-state index is -3.21. The van der Waals surface area contributed by atoms with Crippen molar-refractivity contribution in [1.82, 2.24) is 0 Å². The lowest BCUT2D eigenvalue weighted by atomic mass is 9.83. The normalized spacial score (nSPS) is 31.0. The van der Waals surface area contributed by atoms with Gasteiger partial charge in [0.1, 0.15) is 16.1 Å². The molecule has 2 aliphatic rings. The first-order valence-corrected chi connectivity index (χ1v) is 9.35. The van der Waals surface area contributed by atoms with Gasteiger partial charge in [-0.25, -0.2) is 8.42 Å². The lowest BCUT2D eigenvalue weighted by molar-refractivity contribution is 0.0648. The Hall–Kier alpha value is -0.810. The predicted octanol–water partition coefficient (Wildman–Crippen LogP) is 3.66. The van der Waals surface area contributed by atoms with E-state index in [4.69, 9.17) is 4.74 Å². The molecule has 110 valence electrons. The summed E-state index contributed by atoms with van der Waals surface area (Å²) in [5.74, 6) is 0.925. The van der Waals surface area contributed by atoms with E-state index in [-0.39, 0.29) is 5.75 Å². The van der Waals surface area contributed by atoms with E-state index in [0.717, 1.165) is 16.2 Å². The van der Waals surface area contributed by atoms with Crippen molar-refractivity contribution in [3.63, 3.8) is 0 Å². The number of ether oxygens (including phenoxy) is 1. The van der Waals surface area contributed by atoms with Crippen LogP contribution in [-0.2, 0) is 14.6 Å². The molecule has 1 aromatic rings. The fourth-order valence-corrected chi connectivity index (χ4v) is 7.36. The molecular weight excluding hydrogens is 292 g/mol. The molecule has 2 aliphatic heterocycles. The molecule has 0 aliphatic carbocycles. The number of thiophene rings is 1. The fraction of sp³-hybridized carbons (Fsp3) is 0.600. The molecule has 3 nitrogen and oxygen atoms in total. The Morgan fingerprint density at radius 3 is 2.65 bits per heavy atom. The van der Waals surface area contributed by atoms with E-state index in [1.807, 2.05) is 32.2 Å². The van der Waals surface area contributed by atoms with Crippen LogP contribution in [0.15, 0.2) is 22.6 Å². The van der Waals surface area contributed by atoms with Crippen LogP contribution >= 0.6 is 11.3 Å². The quantitative estimate of drug-likeness (QED) is 0.687. The van der Waals surface area contributed by atoms with Crippen LogP contribution in [0.25, 0.3) is 0 Å². The average Bonchev–Trinajstić information content (AvgIpc) is 2.72. The first kappa shape index (κ1) is 14.1. The summed E-state index contributed by atoms with van der Waals surface area (Å²) in [7, 11) is -3.21. The van der Waals surface area contributed by atoms with Crippen molar-refractivity contribution < 1.29 is 13.2 Å².